The zero-order valence-corrected chi connectivity index (χ0v) is 17.7. The minimum atomic E-state index is -3.61. The van der Waals surface area contributed by atoms with Gasteiger partial charge < -0.3 is 5.32 Å². The molecular weight excluding hydrogens is 403 g/mol. The molecule has 7 heteroatoms. The van der Waals surface area contributed by atoms with Gasteiger partial charge in [0.2, 0.25) is 15.9 Å². The number of hydrogen-bond donors (Lipinski definition) is 1. The Bertz CT molecular complexity index is 1020. The van der Waals surface area contributed by atoms with Gasteiger partial charge in [-0.3, -0.25) is 4.79 Å². The molecule has 0 unspecified atom stereocenters. The Morgan fingerprint density at radius 2 is 1.73 bits per heavy atom. The van der Waals surface area contributed by atoms with Gasteiger partial charge in [0.1, 0.15) is 5.82 Å². The lowest BCUT2D eigenvalue weighted by molar-refractivity contribution is -0.127. The Morgan fingerprint density at radius 3 is 2.50 bits per heavy atom. The van der Waals surface area contributed by atoms with Gasteiger partial charge >= 0.3 is 0 Å². The second-order valence-corrected chi connectivity index (χ2v) is 10.1. The number of amides is 1. The Balaban J connectivity index is 1.34. The van der Waals surface area contributed by atoms with Gasteiger partial charge in [-0.1, -0.05) is 42.5 Å². The average molecular weight is 431 g/mol. The van der Waals surface area contributed by atoms with Gasteiger partial charge in [0.15, 0.2) is 0 Å². The highest BCUT2D eigenvalue weighted by molar-refractivity contribution is 7.88. The second kappa shape index (κ2) is 8.86. The van der Waals surface area contributed by atoms with Crippen molar-refractivity contribution in [3.05, 3.63) is 71.0 Å². The summed E-state index contributed by atoms with van der Waals surface area (Å²) in [5, 5.41) is 3.19. The van der Waals surface area contributed by atoms with E-state index in [4.69, 9.17) is 0 Å². The lowest BCUT2D eigenvalue weighted by Gasteiger charge is -2.32. The van der Waals surface area contributed by atoms with Gasteiger partial charge in [-0.2, -0.15) is 0 Å². The molecule has 1 atom stereocenters. The number of nitrogens with one attached hydrogen (secondary N) is 1. The SMILES string of the molecule is O=C(N[C@H]1CCCc2ccccc21)C1CCN(S(=O)(=O)Cc2ccccc2F)CC1. The van der Waals surface area contributed by atoms with Crippen molar-refractivity contribution in [3.63, 3.8) is 0 Å². The van der Waals surface area contributed by atoms with Crippen molar-refractivity contribution in [2.45, 2.75) is 43.9 Å². The third-order valence-corrected chi connectivity index (χ3v) is 8.03. The molecule has 5 nitrogen and oxygen atoms in total. The molecule has 160 valence electrons. The van der Waals surface area contributed by atoms with E-state index in [1.807, 2.05) is 12.1 Å². The molecular formula is C23H27FN2O3S. The zero-order chi connectivity index (χ0) is 21.1. The summed E-state index contributed by atoms with van der Waals surface area (Å²) >= 11 is 0. The topological polar surface area (TPSA) is 66.5 Å². The van der Waals surface area contributed by atoms with Crippen LogP contribution in [0.15, 0.2) is 48.5 Å². The summed E-state index contributed by atoms with van der Waals surface area (Å²) in [7, 11) is -3.61. The van der Waals surface area contributed by atoms with Crippen LogP contribution in [0.5, 0.6) is 0 Å². The molecule has 30 heavy (non-hydrogen) atoms. The fourth-order valence-corrected chi connectivity index (χ4v) is 6.07. The summed E-state index contributed by atoms with van der Waals surface area (Å²) < 4.78 is 40.6. The number of hydrogen-bond acceptors (Lipinski definition) is 3. The van der Waals surface area contributed by atoms with Crippen molar-refractivity contribution in [1.82, 2.24) is 9.62 Å². The molecule has 2 aliphatic rings. The molecule has 1 N–H and O–H groups in total. The first-order valence-electron chi connectivity index (χ1n) is 10.5. The quantitative estimate of drug-likeness (QED) is 0.789. The minimum Gasteiger partial charge on any atom is -0.349 e. The normalized spacial score (nSPS) is 20.5. The number of halogens is 1. The first kappa shape index (κ1) is 21.0. The third-order valence-electron chi connectivity index (χ3n) is 6.20. The number of nitrogens with zero attached hydrogens (tertiary/aromatic N) is 1. The summed E-state index contributed by atoms with van der Waals surface area (Å²) in [4.78, 5) is 12.8. The fourth-order valence-electron chi connectivity index (χ4n) is 4.49. The van der Waals surface area contributed by atoms with Crippen LogP contribution in [0.4, 0.5) is 4.39 Å². The van der Waals surface area contributed by atoms with E-state index in [-0.39, 0.29) is 42.3 Å². The summed E-state index contributed by atoms with van der Waals surface area (Å²) in [5.41, 5.74) is 2.67. The summed E-state index contributed by atoms with van der Waals surface area (Å²) in [6.07, 6.45) is 3.99. The standard InChI is InChI=1S/C23H27FN2O3S/c24-21-10-4-2-7-19(21)16-30(28,29)26-14-12-18(13-15-26)23(27)25-22-11-5-8-17-6-1-3-9-20(17)22/h1-4,6-7,9-10,18,22H,5,8,11-16H2,(H,25,27)/t22-/m0/s1. The summed E-state index contributed by atoms with van der Waals surface area (Å²) in [6.45, 7) is 0.576. The number of aryl methyl sites for hydroxylation is 1. The lowest BCUT2D eigenvalue weighted by atomic mass is 9.87. The van der Waals surface area contributed by atoms with Gasteiger partial charge in [-0.05, 0) is 49.3 Å². The maximum Gasteiger partial charge on any atom is 0.223 e. The number of carbonyl (C=O) groups is 1. The van der Waals surface area contributed by atoms with Crippen molar-refractivity contribution < 1.29 is 17.6 Å². The second-order valence-electron chi connectivity index (χ2n) is 8.17. The molecule has 2 aromatic rings. The first-order chi connectivity index (χ1) is 14.4. The minimum absolute atomic E-state index is 0.00264. The Hall–Kier alpha value is -2.25. The fraction of sp³-hybridized carbons (Fsp3) is 0.435. The third kappa shape index (κ3) is 4.57. The zero-order valence-electron chi connectivity index (χ0n) is 16.9. The molecule has 1 amide bonds. The van der Waals surface area contributed by atoms with Gasteiger partial charge in [-0.15, -0.1) is 0 Å². The Morgan fingerprint density at radius 1 is 1.03 bits per heavy atom. The molecule has 1 aliphatic carbocycles. The van der Waals surface area contributed by atoms with Gasteiger partial charge in [0, 0.05) is 24.6 Å². The maximum atomic E-state index is 13.8. The van der Waals surface area contributed by atoms with Crippen LogP contribution in [0, 0.1) is 11.7 Å². The highest BCUT2D eigenvalue weighted by Crippen LogP contribution is 2.30. The Kier molecular flexibility index (Phi) is 6.20. The number of fused-ring (bicyclic) bond motifs is 1. The van der Waals surface area contributed by atoms with Crippen molar-refractivity contribution in [3.8, 4) is 0 Å². The maximum absolute atomic E-state index is 13.8. The lowest BCUT2D eigenvalue weighted by Crippen LogP contribution is -2.44. The largest absolute Gasteiger partial charge is 0.349 e. The van der Waals surface area contributed by atoms with E-state index in [9.17, 15) is 17.6 Å². The van der Waals surface area contributed by atoms with Crippen LogP contribution >= 0.6 is 0 Å². The van der Waals surface area contributed by atoms with E-state index in [2.05, 4.69) is 17.4 Å². The van der Waals surface area contributed by atoms with E-state index >= 15 is 0 Å². The van der Waals surface area contributed by atoms with Crippen LogP contribution in [0.25, 0.3) is 0 Å². The molecule has 0 spiro atoms. The van der Waals surface area contributed by atoms with Crippen LogP contribution in [0.2, 0.25) is 0 Å². The summed E-state index contributed by atoms with van der Waals surface area (Å²) in [5.74, 6) is -1.06. The molecule has 1 heterocycles. The van der Waals surface area contributed by atoms with Crippen molar-refractivity contribution in [2.75, 3.05) is 13.1 Å². The van der Waals surface area contributed by atoms with E-state index in [0.29, 0.717) is 12.8 Å². The van der Waals surface area contributed by atoms with Crippen LogP contribution in [0.1, 0.15) is 48.4 Å². The smallest absolute Gasteiger partial charge is 0.223 e. The molecule has 1 fully saturated rings. The van der Waals surface area contributed by atoms with Gasteiger partial charge in [0.25, 0.3) is 0 Å². The first-order valence-corrected chi connectivity index (χ1v) is 12.1. The Labute approximate surface area is 177 Å². The van der Waals surface area contributed by atoms with E-state index in [0.717, 1.165) is 19.3 Å². The summed E-state index contributed by atoms with van der Waals surface area (Å²) in [6, 6.07) is 14.2. The predicted molar refractivity (Wildman–Crippen MR) is 114 cm³/mol. The number of benzene rings is 2. The molecule has 1 saturated heterocycles. The van der Waals surface area contributed by atoms with Crippen molar-refractivity contribution in [1.29, 1.82) is 0 Å². The average Bonchev–Trinajstić information content (AvgIpc) is 2.75. The number of piperidine rings is 1. The molecule has 0 aromatic heterocycles. The van der Waals surface area contributed by atoms with E-state index < -0.39 is 15.8 Å². The molecule has 1 aliphatic heterocycles. The van der Waals surface area contributed by atoms with Crippen LogP contribution in [-0.2, 0) is 27.0 Å². The monoisotopic (exact) mass is 430 g/mol. The highest BCUT2D eigenvalue weighted by Gasteiger charge is 2.33. The van der Waals surface area contributed by atoms with Gasteiger partial charge in [-0.25, -0.2) is 17.1 Å². The molecule has 0 saturated carbocycles. The number of sulfonamides is 1. The number of carbonyl (C=O) groups excluding carboxylic acids is 1. The predicted octanol–water partition coefficient (Wildman–Crippen LogP) is 3.56. The van der Waals surface area contributed by atoms with Crippen LogP contribution in [-0.4, -0.2) is 31.7 Å². The molecule has 0 bridgehead atoms. The number of rotatable bonds is 5. The molecule has 4 rings (SSSR count). The highest BCUT2D eigenvalue weighted by atomic mass is 32.2. The van der Waals surface area contributed by atoms with Crippen LogP contribution < -0.4 is 5.32 Å². The van der Waals surface area contributed by atoms with Crippen molar-refractivity contribution in [2.24, 2.45) is 5.92 Å². The molecule has 2 aromatic carbocycles. The molecule has 0 radical (unpaired) electrons. The van der Waals surface area contributed by atoms with E-state index in [1.165, 1.54) is 27.6 Å². The van der Waals surface area contributed by atoms with Gasteiger partial charge in [0.05, 0.1) is 11.8 Å². The van der Waals surface area contributed by atoms with Crippen LogP contribution in [0.3, 0.4) is 0 Å². The van der Waals surface area contributed by atoms with Crippen molar-refractivity contribution >= 4 is 15.9 Å². The van der Waals surface area contributed by atoms with E-state index in [1.54, 1.807) is 12.1 Å².